The third-order valence-corrected chi connectivity index (χ3v) is 27.4. The van der Waals surface area contributed by atoms with Crippen LogP contribution in [0.15, 0.2) is 235 Å². The normalized spacial score (nSPS) is 15.4. The minimum atomic E-state index is -0.258. The summed E-state index contributed by atoms with van der Waals surface area (Å²) < 4.78 is 1.83. The first kappa shape index (κ1) is 86.9. The smallest absolute Gasteiger partial charge is 0.269 e. The van der Waals surface area contributed by atoms with Crippen molar-refractivity contribution in [2.75, 3.05) is 98.2 Å². The number of aromatic nitrogens is 12. The zero-order valence-corrected chi connectivity index (χ0v) is 74.5. The third kappa shape index (κ3) is 19.7. The van der Waals surface area contributed by atoms with Crippen LogP contribution >= 0.6 is 56.9 Å². The molecule has 0 aliphatic carbocycles. The molecular weight excluding hydrogens is 1710 g/mol. The van der Waals surface area contributed by atoms with E-state index in [-0.39, 0.29) is 51.9 Å². The second-order valence-corrected chi connectivity index (χ2v) is 35.5. The quantitative estimate of drug-likeness (QED) is 0.0636. The number of benzene rings is 4. The number of halogens is 1. The number of hydrogen-bond acceptors (Lipinski definition) is 24. The van der Waals surface area contributed by atoms with Crippen molar-refractivity contribution in [1.29, 1.82) is 0 Å². The zero-order chi connectivity index (χ0) is 88.5. The molecule has 16 heterocycles. The molecule has 0 radical (unpaired) electrons. The predicted octanol–water partition coefficient (Wildman–Crippen LogP) is 14.0. The molecule has 12 aromatic heterocycles. The Kier molecular flexibility index (Phi) is 26.8. The Morgan fingerprint density at radius 2 is 0.773 bits per heavy atom. The maximum atomic E-state index is 13.4. The molecule has 2 unspecified atom stereocenters. The van der Waals surface area contributed by atoms with Gasteiger partial charge < -0.3 is 44.9 Å². The van der Waals surface area contributed by atoms with Gasteiger partial charge in [0, 0.05) is 175 Å². The monoisotopic (exact) mass is 1800 g/mol. The number of amides is 4. The van der Waals surface area contributed by atoms with Crippen LogP contribution in [0.3, 0.4) is 0 Å². The van der Waals surface area contributed by atoms with E-state index in [2.05, 4.69) is 179 Å². The highest BCUT2D eigenvalue weighted by Gasteiger charge is 2.33. The van der Waals surface area contributed by atoms with Gasteiger partial charge in [-0.1, -0.05) is 138 Å². The lowest BCUT2D eigenvalue weighted by molar-refractivity contribution is 0.0582. The molecule has 4 aliphatic rings. The summed E-state index contributed by atoms with van der Waals surface area (Å²) >= 11 is 11.3. The van der Waals surface area contributed by atoms with Crippen molar-refractivity contribution >= 4 is 121 Å². The standard InChI is InChI=1S/C24H22ClN5O2S.2C24H23N5O2S.C23H21N5O2S/c1-15-5-6-16(12-18(15)25)13-29-8-10-30(11-9-29)24(32)17-14-33-21-20(17)27-22(28-23(21)31)19-4-2-3-7-26-19;1-16-5-4-6-17(13-16)14-28-9-11-29(12-10-28)24(31)18-15-32-21-20(18)26-22(27-23(21)30)19-7-2-3-8-25-19;1-16(17-7-3-2-4-8-17)28-11-13-29(14-12-28)24(31)18-15-32-21-20(18)26-22(27-23(21)30)19-9-5-6-10-25-19;1-14-5-7-15(8-6-14)18-12-28(11-10-25-18)23(30)16-13-31-20-19(16)26-21(27-22(20)29)17-4-2-3-9-24-17/h2-7,12,14H,8-11,13H2,1H3,(H,27,28,31);2-8,13,15H,9-12,14H2,1H3,(H,26,27,30);2-10,15-16H,11-14H2,1H3,(H,26,27,30);2-9,13,18,25H,10-12H2,1H3,(H,26,27,29). The van der Waals surface area contributed by atoms with Crippen LogP contribution in [0.1, 0.15) is 99.4 Å². The number of nitrogens with one attached hydrogen (secondary N) is 5. The summed E-state index contributed by atoms with van der Waals surface area (Å²) in [5, 5.41) is 11.2. The number of rotatable bonds is 15. The molecule has 16 aromatic rings. The molecule has 28 nitrogen and oxygen atoms in total. The second-order valence-electron chi connectivity index (χ2n) is 31.6. The number of carbonyl (C=O) groups excluding carboxylic acids is 4. The lowest BCUT2D eigenvalue weighted by Crippen LogP contribution is -2.49. The number of aromatic amines is 4. The lowest BCUT2D eigenvalue weighted by Gasteiger charge is -2.38. The zero-order valence-electron chi connectivity index (χ0n) is 70.4. The van der Waals surface area contributed by atoms with Gasteiger partial charge in [0.05, 0.1) is 22.3 Å². The summed E-state index contributed by atoms with van der Waals surface area (Å²) in [6.07, 6.45) is 6.58. The number of nitrogens with zero attached hydrogens (tertiary/aromatic N) is 15. The molecule has 0 bridgehead atoms. The molecule has 2 atom stereocenters. The van der Waals surface area contributed by atoms with Gasteiger partial charge in [0.15, 0.2) is 23.3 Å². The summed E-state index contributed by atoms with van der Waals surface area (Å²) in [5.41, 5.74) is 13.4. The Morgan fingerprint density at radius 1 is 0.398 bits per heavy atom. The number of carbonyl (C=O) groups is 4. The maximum absolute atomic E-state index is 13.4. The Bertz CT molecular complexity index is 6950. The Hall–Kier alpha value is -13.2. The SMILES string of the molecule is CC(c1ccccc1)N1CCN(C(=O)c2csc3c(=O)[nH]c(-c4ccccn4)nc23)CC1.Cc1ccc(C2CN(C(=O)c3csc4c(=O)[nH]c(-c5ccccn5)nc34)CCN2)cc1.Cc1ccc(CN2CCN(C(=O)c3csc4c(=O)[nH]c(-c5ccccn5)nc34)CC2)cc1Cl.Cc1cccc(CN2CCN(C(=O)c3csc4c(=O)[nH]c(-c5ccccn5)nc34)CC2)c1. The van der Waals surface area contributed by atoms with E-state index in [4.69, 9.17) is 11.6 Å². The molecule has 128 heavy (non-hydrogen) atoms. The molecule has 648 valence electrons. The van der Waals surface area contributed by atoms with Crippen molar-refractivity contribution in [3.8, 4) is 46.1 Å². The van der Waals surface area contributed by atoms with Gasteiger partial charge in [-0.2, -0.15) is 0 Å². The summed E-state index contributed by atoms with van der Waals surface area (Å²) in [7, 11) is 0. The van der Waals surface area contributed by atoms with Crippen LogP contribution in [-0.2, 0) is 13.1 Å². The van der Waals surface area contributed by atoms with Gasteiger partial charge in [-0.3, -0.25) is 73.0 Å². The van der Waals surface area contributed by atoms with Crippen molar-refractivity contribution in [2.24, 2.45) is 0 Å². The van der Waals surface area contributed by atoms with Crippen molar-refractivity contribution < 1.29 is 19.2 Å². The van der Waals surface area contributed by atoms with Crippen LogP contribution in [0.4, 0.5) is 0 Å². The van der Waals surface area contributed by atoms with Gasteiger partial charge in [-0.05, 0) is 110 Å². The first-order chi connectivity index (χ1) is 62.3. The molecule has 4 aromatic carbocycles. The fraction of sp³-hybridized carbons (Fsp3) is 0.242. The van der Waals surface area contributed by atoms with Gasteiger partial charge in [0.2, 0.25) is 0 Å². The fourth-order valence-corrected chi connectivity index (χ4v) is 19.7. The molecule has 4 amide bonds. The number of fused-ring (bicyclic) bond motifs is 4. The predicted molar refractivity (Wildman–Crippen MR) is 504 cm³/mol. The fourth-order valence-electron chi connectivity index (χ4n) is 16.0. The summed E-state index contributed by atoms with van der Waals surface area (Å²) in [4.78, 5) is 165. The topological polar surface area (TPSA) is 338 Å². The average molecular weight is 1800 g/mol. The van der Waals surface area contributed by atoms with E-state index in [0.717, 1.165) is 68.5 Å². The Labute approximate surface area is 755 Å². The summed E-state index contributed by atoms with van der Waals surface area (Å²) in [6.45, 7) is 20.5. The molecule has 5 N–H and O–H groups in total. The number of pyridine rings is 4. The molecule has 0 spiro atoms. The van der Waals surface area contributed by atoms with E-state index in [0.29, 0.717) is 174 Å². The van der Waals surface area contributed by atoms with E-state index < -0.39 is 0 Å². The Morgan fingerprint density at radius 3 is 1.15 bits per heavy atom. The van der Waals surface area contributed by atoms with Crippen LogP contribution in [0.2, 0.25) is 5.02 Å². The van der Waals surface area contributed by atoms with Crippen LogP contribution in [0.25, 0.3) is 86.9 Å². The van der Waals surface area contributed by atoms with Gasteiger partial charge >= 0.3 is 0 Å². The van der Waals surface area contributed by atoms with Crippen molar-refractivity contribution in [3.63, 3.8) is 0 Å². The minimum absolute atomic E-state index is 0.0727. The second kappa shape index (κ2) is 39.4. The van der Waals surface area contributed by atoms with Crippen LogP contribution in [-0.4, -0.2) is 216 Å². The molecule has 33 heteroatoms. The van der Waals surface area contributed by atoms with Gasteiger partial charge in [-0.15, -0.1) is 45.3 Å². The third-order valence-electron chi connectivity index (χ3n) is 23.1. The number of piperazine rings is 4. The highest BCUT2D eigenvalue weighted by atomic mass is 35.5. The van der Waals surface area contributed by atoms with Gasteiger partial charge in [-0.25, -0.2) is 19.9 Å². The lowest BCUT2D eigenvalue weighted by atomic mass is 10.0. The van der Waals surface area contributed by atoms with E-state index in [1.807, 2.05) is 69.0 Å². The van der Waals surface area contributed by atoms with E-state index in [1.165, 1.54) is 73.2 Å². The number of hydrogen-bond donors (Lipinski definition) is 5. The molecule has 4 fully saturated rings. The number of H-pyrrole nitrogens is 4. The van der Waals surface area contributed by atoms with E-state index in [1.54, 1.807) is 94.8 Å². The van der Waals surface area contributed by atoms with Crippen molar-refractivity contribution in [2.45, 2.75) is 52.9 Å². The number of aryl methyl sites for hydroxylation is 3. The molecule has 20 rings (SSSR count). The largest absolute Gasteiger partial charge is 0.336 e. The summed E-state index contributed by atoms with van der Waals surface area (Å²) in [6, 6.07) is 55.5. The average Bonchev–Trinajstić information content (AvgIpc) is 1.62. The molecular formula is C95H89ClN20O8S4. The first-order valence-electron chi connectivity index (χ1n) is 42.0. The van der Waals surface area contributed by atoms with Crippen LogP contribution < -0.4 is 27.6 Å². The van der Waals surface area contributed by atoms with E-state index in [9.17, 15) is 38.4 Å². The van der Waals surface area contributed by atoms with Crippen LogP contribution in [0, 0.1) is 20.8 Å². The van der Waals surface area contributed by atoms with Crippen molar-refractivity contribution in [1.82, 2.24) is 99.4 Å². The van der Waals surface area contributed by atoms with Gasteiger partial charge in [0.1, 0.15) is 63.6 Å². The van der Waals surface area contributed by atoms with Gasteiger partial charge in [0.25, 0.3) is 45.9 Å². The Balaban J connectivity index is 0.000000120. The summed E-state index contributed by atoms with van der Waals surface area (Å²) in [5.74, 6) is 1.13. The maximum Gasteiger partial charge on any atom is 0.269 e. The molecule has 4 saturated heterocycles. The first-order valence-corrected chi connectivity index (χ1v) is 45.9. The highest BCUT2D eigenvalue weighted by Crippen LogP contribution is 2.33. The van der Waals surface area contributed by atoms with Crippen LogP contribution in [0.5, 0.6) is 0 Å². The van der Waals surface area contributed by atoms with E-state index >= 15 is 0 Å². The molecule has 4 aliphatic heterocycles. The highest BCUT2D eigenvalue weighted by molar-refractivity contribution is 7.18. The van der Waals surface area contributed by atoms with Crippen molar-refractivity contribution in [3.05, 3.63) is 324 Å². The number of thiophene rings is 4. The minimum Gasteiger partial charge on any atom is -0.336 e. The molecule has 0 saturated carbocycles.